The van der Waals surface area contributed by atoms with E-state index in [4.69, 9.17) is 9.88 Å². The Morgan fingerprint density at radius 1 is 1.10 bits per heavy atom. The van der Waals surface area contributed by atoms with Gasteiger partial charge in [-0.25, -0.2) is 13.6 Å². The van der Waals surface area contributed by atoms with Gasteiger partial charge in [-0.2, -0.15) is 0 Å². The largest absolute Gasteiger partial charge is 0.457 e. The molecule has 1 aliphatic rings. The normalized spacial score (nSPS) is 16.6. The number of hydrogen-bond acceptors (Lipinski definition) is 6. The summed E-state index contributed by atoms with van der Waals surface area (Å²) >= 11 is 1.70. The van der Waals surface area contributed by atoms with Gasteiger partial charge < -0.3 is 9.64 Å². The molecule has 0 amide bonds. The van der Waals surface area contributed by atoms with Gasteiger partial charge in [-0.3, -0.25) is 4.90 Å². The summed E-state index contributed by atoms with van der Waals surface area (Å²) in [4.78, 5) is 5.96. The molecule has 0 radical (unpaired) electrons. The Bertz CT molecular complexity index is 964. The molecule has 8 heteroatoms. The summed E-state index contributed by atoms with van der Waals surface area (Å²) in [6, 6.07) is 10.8. The van der Waals surface area contributed by atoms with Crippen molar-refractivity contribution < 1.29 is 13.2 Å². The first-order chi connectivity index (χ1) is 13.8. The minimum absolute atomic E-state index is 0.112. The molecule has 29 heavy (non-hydrogen) atoms. The van der Waals surface area contributed by atoms with E-state index in [9.17, 15) is 8.42 Å². The number of aryl methyl sites for hydroxylation is 1. The Balaban J connectivity index is 1.90. The highest BCUT2D eigenvalue weighted by Crippen LogP contribution is 2.31. The summed E-state index contributed by atoms with van der Waals surface area (Å²) in [6.45, 7) is 6.62. The lowest BCUT2D eigenvalue weighted by Crippen LogP contribution is -2.28. The number of ether oxygens (including phenoxy) is 1. The van der Waals surface area contributed by atoms with Crippen molar-refractivity contribution in [3.8, 4) is 11.5 Å². The van der Waals surface area contributed by atoms with Crippen LogP contribution in [0.2, 0.25) is 0 Å². The number of nitrogens with zero attached hydrogens (tertiary/aromatic N) is 2. The predicted molar refractivity (Wildman–Crippen MR) is 118 cm³/mol. The van der Waals surface area contributed by atoms with Crippen LogP contribution >= 0.6 is 11.8 Å². The monoisotopic (exact) mass is 435 g/mol. The number of thioether (sulfide) groups is 1. The van der Waals surface area contributed by atoms with E-state index < -0.39 is 10.0 Å². The van der Waals surface area contributed by atoms with Crippen molar-refractivity contribution in [2.45, 2.75) is 29.7 Å². The van der Waals surface area contributed by atoms with E-state index in [2.05, 4.69) is 23.8 Å². The van der Waals surface area contributed by atoms with Crippen LogP contribution in [0.3, 0.4) is 0 Å². The quantitative estimate of drug-likeness (QED) is 0.702. The highest BCUT2D eigenvalue weighted by molar-refractivity contribution is 7.98. The molecule has 1 heterocycles. The molecule has 0 aromatic heterocycles. The molecule has 2 aromatic carbocycles. The molecule has 2 aromatic rings. The molecule has 0 saturated carbocycles. The Morgan fingerprint density at radius 2 is 1.90 bits per heavy atom. The second-order valence-electron chi connectivity index (χ2n) is 7.48. The van der Waals surface area contributed by atoms with Gasteiger partial charge in [0, 0.05) is 30.1 Å². The Kier molecular flexibility index (Phi) is 7.23. The van der Waals surface area contributed by atoms with Crippen LogP contribution in [0, 0.1) is 6.92 Å². The van der Waals surface area contributed by atoms with Gasteiger partial charge in [0.25, 0.3) is 0 Å². The molecular formula is C21H29N3O3S2. The number of primary sulfonamides is 1. The number of likely N-dealkylation sites (N-methyl/N-ethyl adjacent to an activating group) is 1. The first kappa shape index (κ1) is 22.1. The van der Waals surface area contributed by atoms with Gasteiger partial charge in [0.05, 0.1) is 4.90 Å². The summed E-state index contributed by atoms with van der Waals surface area (Å²) in [5, 5.41) is 5.37. The van der Waals surface area contributed by atoms with E-state index in [1.54, 1.807) is 23.9 Å². The molecule has 2 N–H and O–H groups in total. The van der Waals surface area contributed by atoms with Gasteiger partial charge in [-0.05, 0) is 81.7 Å². The first-order valence-corrected chi connectivity index (χ1v) is 12.4. The molecule has 1 saturated heterocycles. The lowest BCUT2D eigenvalue weighted by molar-refractivity contribution is 0.266. The van der Waals surface area contributed by atoms with E-state index in [0.29, 0.717) is 12.3 Å². The molecule has 0 spiro atoms. The average molecular weight is 436 g/mol. The lowest BCUT2D eigenvalue weighted by Gasteiger charge is -2.22. The molecule has 3 rings (SSSR count). The number of hydrogen-bond donors (Lipinski definition) is 1. The molecule has 0 atom stereocenters. The molecule has 0 aliphatic carbocycles. The zero-order valence-corrected chi connectivity index (χ0v) is 18.9. The second kappa shape index (κ2) is 9.49. The number of nitrogens with two attached hydrogens (primary N) is 1. The molecular weight excluding hydrogens is 406 g/mol. The van der Waals surface area contributed by atoms with Gasteiger partial charge >= 0.3 is 0 Å². The van der Waals surface area contributed by atoms with E-state index >= 15 is 0 Å². The standard InChI is InChI=1S/C21H29N3O3S2/c1-16-13-18(5-8-21(16)28-3)27-20-7-6-19(29(22,25)26)14-17(20)15-24-10-4-9-23(2)11-12-24/h5-8,13-14H,4,9-12,15H2,1-3H3,(H2,22,25,26). The highest BCUT2D eigenvalue weighted by Gasteiger charge is 2.18. The maximum Gasteiger partial charge on any atom is 0.238 e. The Labute approximate surface area is 178 Å². The summed E-state index contributed by atoms with van der Waals surface area (Å²) < 4.78 is 29.9. The fraction of sp³-hybridized carbons (Fsp3) is 0.429. The molecule has 1 aliphatic heterocycles. The zero-order chi connectivity index (χ0) is 21.0. The van der Waals surface area contributed by atoms with Crippen molar-refractivity contribution >= 4 is 21.8 Å². The zero-order valence-electron chi connectivity index (χ0n) is 17.2. The summed E-state index contributed by atoms with van der Waals surface area (Å²) in [5.41, 5.74) is 1.97. The third kappa shape index (κ3) is 5.96. The van der Waals surface area contributed by atoms with Crippen molar-refractivity contribution in [3.05, 3.63) is 47.5 Å². The minimum Gasteiger partial charge on any atom is -0.457 e. The maximum atomic E-state index is 11.9. The van der Waals surface area contributed by atoms with Crippen LogP contribution in [0.5, 0.6) is 11.5 Å². The SMILES string of the molecule is CSc1ccc(Oc2ccc(S(N)(=O)=O)cc2CN2CCCN(C)CC2)cc1C. The molecule has 0 bridgehead atoms. The maximum absolute atomic E-state index is 11.9. The van der Waals surface area contributed by atoms with Gasteiger partial charge in [0.1, 0.15) is 11.5 Å². The van der Waals surface area contributed by atoms with Crippen LogP contribution in [0.4, 0.5) is 0 Å². The van der Waals surface area contributed by atoms with Crippen molar-refractivity contribution in [1.82, 2.24) is 9.80 Å². The summed E-state index contributed by atoms with van der Waals surface area (Å²) in [6.07, 6.45) is 3.13. The highest BCUT2D eigenvalue weighted by atomic mass is 32.2. The Morgan fingerprint density at radius 3 is 2.59 bits per heavy atom. The Hall–Kier alpha value is -1.58. The smallest absolute Gasteiger partial charge is 0.238 e. The van der Waals surface area contributed by atoms with Crippen molar-refractivity contribution in [2.24, 2.45) is 5.14 Å². The van der Waals surface area contributed by atoms with Crippen molar-refractivity contribution in [1.29, 1.82) is 0 Å². The molecule has 158 valence electrons. The summed E-state index contributed by atoms with van der Waals surface area (Å²) in [7, 11) is -1.65. The number of sulfonamides is 1. The van der Waals surface area contributed by atoms with Crippen molar-refractivity contribution in [2.75, 3.05) is 39.5 Å². The van der Waals surface area contributed by atoms with Gasteiger partial charge in [0.15, 0.2) is 0 Å². The van der Waals surface area contributed by atoms with Gasteiger partial charge in [-0.1, -0.05) is 0 Å². The average Bonchev–Trinajstić information content (AvgIpc) is 2.86. The van der Waals surface area contributed by atoms with Gasteiger partial charge in [-0.15, -0.1) is 11.8 Å². The fourth-order valence-corrected chi connectivity index (χ4v) is 4.65. The molecule has 0 unspecified atom stereocenters. The van der Waals surface area contributed by atoms with E-state index in [1.807, 2.05) is 24.5 Å². The van der Waals surface area contributed by atoms with E-state index in [-0.39, 0.29) is 4.90 Å². The van der Waals surface area contributed by atoms with E-state index in [1.165, 1.54) is 11.0 Å². The molecule has 1 fully saturated rings. The van der Waals surface area contributed by atoms with E-state index in [0.717, 1.165) is 49.5 Å². The van der Waals surface area contributed by atoms with Crippen LogP contribution in [0.25, 0.3) is 0 Å². The van der Waals surface area contributed by atoms with Crippen molar-refractivity contribution in [3.63, 3.8) is 0 Å². The fourth-order valence-electron chi connectivity index (χ4n) is 3.50. The van der Waals surface area contributed by atoms with Crippen LogP contribution < -0.4 is 9.88 Å². The number of rotatable bonds is 6. The number of benzene rings is 2. The third-order valence-corrected chi connectivity index (χ3v) is 6.97. The minimum atomic E-state index is -3.77. The van der Waals surface area contributed by atoms with Crippen LogP contribution in [-0.4, -0.2) is 57.7 Å². The van der Waals surface area contributed by atoms with Crippen LogP contribution in [0.1, 0.15) is 17.5 Å². The topological polar surface area (TPSA) is 75.9 Å². The summed E-state index contributed by atoms with van der Waals surface area (Å²) in [5.74, 6) is 1.40. The van der Waals surface area contributed by atoms with Crippen LogP contribution in [0.15, 0.2) is 46.2 Å². The predicted octanol–water partition coefficient (Wildman–Crippen LogP) is 3.29. The third-order valence-electron chi connectivity index (χ3n) is 5.16. The van der Waals surface area contributed by atoms with Crippen LogP contribution in [-0.2, 0) is 16.6 Å². The molecule has 6 nitrogen and oxygen atoms in total. The first-order valence-electron chi connectivity index (χ1n) is 9.65. The second-order valence-corrected chi connectivity index (χ2v) is 9.89. The lowest BCUT2D eigenvalue weighted by atomic mass is 10.1. The van der Waals surface area contributed by atoms with Gasteiger partial charge in [0.2, 0.25) is 10.0 Å².